The summed E-state index contributed by atoms with van der Waals surface area (Å²) in [5.74, 6) is -1.01. The van der Waals surface area contributed by atoms with E-state index in [1.54, 1.807) is 11.9 Å². The summed E-state index contributed by atoms with van der Waals surface area (Å²) in [6.45, 7) is 0. The highest BCUT2D eigenvalue weighted by atomic mass is 19.1. The molecule has 2 rings (SSSR count). The molecule has 0 bridgehead atoms. The van der Waals surface area contributed by atoms with Crippen LogP contribution in [0.2, 0.25) is 0 Å². The molecule has 0 heterocycles. The van der Waals surface area contributed by atoms with Crippen molar-refractivity contribution < 1.29 is 14.3 Å². The Bertz CT molecular complexity index is 485. The lowest BCUT2D eigenvalue weighted by atomic mass is 9.90. The summed E-state index contributed by atoms with van der Waals surface area (Å²) in [6, 6.07) is 4.11. The third-order valence-electron chi connectivity index (χ3n) is 4.16. The van der Waals surface area contributed by atoms with Gasteiger partial charge in [0.25, 0.3) is 5.91 Å². The van der Waals surface area contributed by atoms with Crippen molar-refractivity contribution in [3.63, 3.8) is 0 Å². The second-order valence-electron chi connectivity index (χ2n) is 5.37. The van der Waals surface area contributed by atoms with Gasteiger partial charge in [-0.05, 0) is 50.9 Å². The van der Waals surface area contributed by atoms with E-state index in [1.165, 1.54) is 6.07 Å². The molecule has 110 valence electrons. The minimum absolute atomic E-state index is 0.0308. The van der Waals surface area contributed by atoms with Crippen LogP contribution in [0, 0.1) is 5.82 Å². The second-order valence-corrected chi connectivity index (χ2v) is 5.37. The molecule has 1 aliphatic carbocycles. The number of hydrogen-bond donors (Lipinski definition) is 2. The standard InChI is InChI=1S/C15H21FN2O2/c1-17-11-4-6-12(7-5-11)18(2)15(20)13-9-10(16)3-8-14(13)19/h3,8-9,11-12,17,19H,4-7H2,1-2H3. The van der Waals surface area contributed by atoms with Gasteiger partial charge in [0.1, 0.15) is 11.6 Å². The maximum Gasteiger partial charge on any atom is 0.257 e. The Hall–Kier alpha value is -1.62. The Morgan fingerprint density at radius 3 is 2.60 bits per heavy atom. The molecular formula is C15H21FN2O2. The van der Waals surface area contributed by atoms with Crippen LogP contribution < -0.4 is 5.32 Å². The molecule has 4 nitrogen and oxygen atoms in total. The number of carbonyl (C=O) groups excluding carboxylic acids is 1. The second kappa shape index (κ2) is 6.22. The summed E-state index contributed by atoms with van der Waals surface area (Å²) in [6.07, 6.45) is 3.88. The molecule has 20 heavy (non-hydrogen) atoms. The molecular weight excluding hydrogens is 259 g/mol. The Morgan fingerprint density at radius 1 is 1.35 bits per heavy atom. The third-order valence-corrected chi connectivity index (χ3v) is 4.16. The molecule has 1 fully saturated rings. The van der Waals surface area contributed by atoms with Crippen LogP contribution in [0.1, 0.15) is 36.0 Å². The maximum absolute atomic E-state index is 13.2. The van der Waals surface area contributed by atoms with Crippen molar-refractivity contribution in [3.8, 4) is 5.75 Å². The molecule has 0 spiro atoms. The van der Waals surface area contributed by atoms with Crippen molar-refractivity contribution >= 4 is 5.91 Å². The lowest BCUT2D eigenvalue weighted by Gasteiger charge is -2.34. The smallest absolute Gasteiger partial charge is 0.257 e. The number of carbonyl (C=O) groups is 1. The normalized spacial score (nSPS) is 22.6. The number of nitrogens with one attached hydrogen (secondary N) is 1. The molecule has 1 aromatic rings. The fraction of sp³-hybridized carbons (Fsp3) is 0.533. The molecule has 1 saturated carbocycles. The van der Waals surface area contributed by atoms with Crippen molar-refractivity contribution in [1.82, 2.24) is 10.2 Å². The first-order valence-corrected chi connectivity index (χ1v) is 6.96. The molecule has 0 aliphatic heterocycles. The van der Waals surface area contributed by atoms with Gasteiger partial charge in [0.05, 0.1) is 5.56 Å². The number of aromatic hydroxyl groups is 1. The van der Waals surface area contributed by atoms with Crippen LogP contribution in [0.15, 0.2) is 18.2 Å². The Kier molecular flexibility index (Phi) is 4.60. The van der Waals surface area contributed by atoms with Crippen LogP contribution in [0.25, 0.3) is 0 Å². The van der Waals surface area contributed by atoms with Crippen molar-refractivity contribution in [2.45, 2.75) is 37.8 Å². The number of phenols is 1. The minimum atomic E-state index is -0.515. The van der Waals surface area contributed by atoms with Gasteiger partial charge in [0.2, 0.25) is 0 Å². The van der Waals surface area contributed by atoms with Gasteiger partial charge in [-0.25, -0.2) is 4.39 Å². The fourth-order valence-electron chi connectivity index (χ4n) is 2.79. The first-order valence-electron chi connectivity index (χ1n) is 6.96. The number of rotatable bonds is 3. The highest BCUT2D eigenvalue weighted by Gasteiger charge is 2.27. The predicted molar refractivity (Wildman–Crippen MR) is 75.3 cm³/mol. The van der Waals surface area contributed by atoms with E-state index >= 15 is 0 Å². The molecule has 1 aliphatic rings. The van der Waals surface area contributed by atoms with E-state index in [2.05, 4.69) is 5.32 Å². The van der Waals surface area contributed by atoms with Crippen molar-refractivity contribution in [1.29, 1.82) is 0 Å². The number of benzene rings is 1. The van der Waals surface area contributed by atoms with Gasteiger partial charge in [-0.1, -0.05) is 0 Å². The SMILES string of the molecule is CNC1CCC(N(C)C(=O)c2cc(F)ccc2O)CC1. The lowest BCUT2D eigenvalue weighted by Crippen LogP contribution is -2.42. The Labute approximate surface area is 118 Å². The van der Waals surface area contributed by atoms with E-state index in [-0.39, 0.29) is 23.3 Å². The molecule has 0 unspecified atom stereocenters. The maximum atomic E-state index is 13.2. The highest BCUT2D eigenvalue weighted by Crippen LogP contribution is 2.26. The van der Waals surface area contributed by atoms with Crippen LogP contribution in [0.5, 0.6) is 5.75 Å². The number of nitrogens with zero attached hydrogens (tertiary/aromatic N) is 1. The zero-order valence-electron chi connectivity index (χ0n) is 11.9. The molecule has 0 radical (unpaired) electrons. The monoisotopic (exact) mass is 280 g/mol. The van der Waals surface area contributed by atoms with Crippen molar-refractivity contribution in [3.05, 3.63) is 29.6 Å². The first-order chi connectivity index (χ1) is 9.52. The first kappa shape index (κ1) is 14.8. The summed E-state index contributed by atoms with van der Waals surface area (Å²) >= 11 is 0. The quantitative estimate of drug-likeness (QED) is 0.892. The minimum Gasteiger partial charge on any atom is -0.507 e. The van der Waals surface area contributed by atoms with Gasteiger partial charge in [0.15, 0.2) is 0 Å². The number of amides is 1. The van der Waals surface area contributed by atoms with E-state index < -0.39 is 5.82 Å². The number of hydrogen-bond acceptors (Lipinski definition) is 3. The molecule has 5 heteroatoms. The topological polar surface area (TPSA) is 52.6 Å². The van der Waals surface area contributed by atoms with Crippen LogP contribution >= 0.6 is 0 Å². The number of phenolic OH excluding ortho intramolecular Hbond substituents is 1. The van der Waals surface area contributed by atoms with Crippen LogP contribution in [0.3, 0.4) is 0 Å². The molecule has 2 N–H and O–H groups in total. The highest BCUT2D eigenvalue weighted by molar-refractivity contribution is 5.96. The fourth-order valence-corrected chi connectivity index (χ4v) is 2.79. The van der Waals surface area contributed by atoms with E-state index in [9.17, 15) is 14.3 Å². The third kappa shape index (κ3) is 3.10. The van der Waals surface area contributed by atoms with E-state index in [1.807, 2.05) is 7.05 Å². The van der Waals surface area contributed by atoms with Gasteiger partial charge in [-0.2, -0.15) is 0 Å². The summed E-state index contributed by atoms with van der Waals surface area (Å²) in [5, 5.41) is 13.0. The van der Waals surface area contributed by atoms with Gasteiger partial charge in [-0.15, -0.1) is 0 Å². The average Bonchev–Trinajstić information content (AvgIpc) is 2.48. The molecule has 0 atom stereocenters. The van der Waals surface area contributed by atoms with Crippen LogP contribution in [0.4, 0.5) is 4.39 Å². The van der Waals surface area contributed by atoms with E-state index in [0.717, 1.165) is 37.8 Å². The summed E-state index contributed by atoms with van der Waals surface area (Å²) in [7, 11) is 3.67. The van der Waals surface area contributed by atoms with Crippen LogP contribution in [-0.2, 0) is 0 Å². The summed E-state index contributed by atoms with van der Waals surface area (Å²) < 4.78 is 13.2. The molecule has 0 aromatic heterocycles. The van der Waals surface area contributed by atoms with Gasteiger partial charge < -0.3 is 15.3 Å². The van der Waals surface area contributed by atoms with Gasteiger partial charge in [0, 0.05) is 19.1 Å². The average molecular weight is 280 g/mol. The van der Waals surface area contributed by atoms with E-state index in [0.29, 0.717) is 6.04 Å². The van der Waals surface area contributed by atoms with Gasteiger partial charge in [-0.3, -0.25) is 4.79 Å². The Morgan fingerprint density at radius 2 is 2.00 bits per heavy atom. The molecule has 0 saturated heterocycles. The van der Waals surface area contributed by atoms with Gasteiger partial charge >= 0.3 is 0 Å². The zero-order valence-corrected chi connectivity index (χ0v) is 11.9. The predicted octanol–water partition coefficient (Wildman–Crippen LogP) is 2.13. The lowest BCUT2D eigenvalue weighted by molar-refractivity contribution is 0.0682. The largest absolute Gasteiger partial charge is 0.507 e. The molecule has 1 aromatic carbocycles. The Balaban J connectivity index is 2.07. The zero-order chi connectivity index (χ0) is 14.7. The van der Waals surface area contributed by atoms with Crippen LogP contribution in [-0.4, -0.2) is 42.1 Å². The number of halogens is 1. The van der Waals surface area contributed by atoms with Crippen molar-refractivity contribution in [2.75, 3.05) is 14.1 Å². The summed E-state index contributed by atoms with van der Waals surface area (Å²) in [5.41, 5.74) is 0.0308. The van der Waals surface area contributed by atoms with Crippen molar-refractivity contribution in [2.24, 2.45) is 0 Å². The van der Waals surface area contributed by atoms with E-state index in [4.69, 9.17) is 0 Å². The molecule has 1 amide bonds. The summed E-state index contributed by atoms with van der Waals surface area (Å²) in [4.78, 5) is 14.0.